The summed E-state index contributed by atoms with van der Waals surface area (Å²) >= 11 is 0. The van der Waals surface area contributed by atoms with E-state index in [1.807, 2.05) is 25.1 Å². The first kappa shape index (κ1) is 23.3. The van der Waals surface area contributed by atoms with E-state index in [2.05, 4.69) is 5.32 Å². The van der Waals surface area contributed by atoms with Crippen LogP contribution in [0, 0.1) is 25.2 Å². The van der Waals surface area contributed by atoms with Crippen LogP contribution in [0.15, 0.2) is 65.3 Å². The Labute approximate surface area is 191 Å². The fourth-order valence-corrected chi connectivity index (χ4v) is 3.05. The van der Waals surface area contributed by atoms with Gasteiger partial charge < -0.3 is 19.4 Å². The number of rotatable bonds is 8. The van der Waals surface area contributed by atoms with E-state index in [0.29, 0.717) is 11.4 Å². The van der Waals surface area contributed by atoms with Gasteiger partial charge in [0.25, 0.3) is 11.8 Å². The van der Waals surface area contributed by atoms with Crippen molar-refractivity contribution in [3.8, 4) is 6.07 Å². The number of esters is 1. The summed E-state index contributed by atoms with van der Waals surface area (Å²) in [7, 11) is 0. The van der Waals surface area contributed by atoms with Gasteiger partial charge in [-0.2, -0.15) is 5.26 Å². The van der Waals surface area contributed by atoms with Crippen molar-refractivity contribution < 1.29 is 23.5 Å². The van der Waals surface area contributed by atoms with Gasteiger partial charge in [-0.15, -0.1) is 0 Å². The summed E-state index contributed by atoms with van der Waals surface area (Å²) in [5.41, 5.74) is 3.00. The van der Waals surface area contributed by atoms with Crippen molar-refractivity contribution in [1.82, 2.24) is 0 Å². The van der Waals surface area contributed by atoms with E-state index >= 15 is 0 Å². The number of ether oxygens (including phenoxy) is 1. The number of carbonyl (C=O) groups is 3. The van der Waals surface area contributed by atoms with Crippen LogP contribution in [0.5, 0.6) is 0 Å². The van der Waals surface area contributed by atoms with Crippen molar-refractivity contribution in [2.75, 3.05) is 23.4 Å². The Morgan fingerprint density at radius 3 is 2.52 bits per heavy atom. The number of hydrogen-bond acceptors (Lipinski definition) is 6. The molecule has 0 aliphatic rings. The van der Waals surface area contributed by atoms with E-state index in [1.54, 1.807) is 37.3 Å². The van der Waals surface area contributed by atoms with Crippen molar-refractivity contribution in [3.63, 3.8) is 0 Å². The Bertz CT molecular complexity index is 1180. The molecule has 3 aromatic rings. The highest BCUT2D eigenvalue weighted by atomic mass is 16.5. The molecule has 0 aliphatic carbocycles. The minimum atomic E-state index is -0.707. The third-order valence-electron chi connectivity index (χ3n) is 4.89. The smallest absolute Gasteiger partial charge is 0.338 e. The summed E-state index contributed by atoms with van der Waals surface area (Å²) in [5.74, 6) is -1.46. The Morgan fingerprint density at radius 1 is 1.09 bits per heavy atom. The zero-order valence-electron chi connectivity index (χ0n) is 18.3. The normalized spacial score (nSPS) is 10.2. The number of carbonyl (C=O) groups excluding carboxylic acids is 3. The van der Waals surface area contributed by atoms with Crippen LogP contribution >= 0.6 is 0 Å². The summed E-state index contributed by atoms with van der Waals surface area (Å²) < 4.78 is 10.3. The number of anilines is 2. The van der Waals surface area contributed by atoms with Crippen LogP contribution in [0.1, 0.15) is 38.5 Å². The van der Waals surface area contributed by atoms with Crippen molar-refractivity contribution in [1.29, 1.82) is 5.26 Å². The van der Waals surface area contributed by atoms with Crippen LogP contribution in [0.3, 0.4) is 0 Å². The molecule has 33 heavy (non-hydrogen) atoms. The van der Waals surface area contributed by atoms with Gasteiger partial charge in [0.05, 0.1) is 24.3 Å². The largest absolute Gasteiger partial charge is 0.459 e. The van der Waals surface area contributed by atoms with Crippen LogP contribution in [-0.2, 0) is 9.53 Å². The van der Waals surface area contributed by atoms with Crippen molar-refractivity contribution in [2.24, 2.45) is 0 Å². The average molecular weight is 445 g/mol. The molecule has 168 valence electrons. The molecule has 1 heterocycles. The molecule has 8 heteroatoms. The van der Waals surface area contributed by atoms with Gasteiger partial charge in [0, 0.05) is 17.9 Å². The quantitative estimate of drug-likeness (QED) is 0.519. The second kappa shape index (κ2) is 10.8. The molecule has 0 radical (unpaired) electrons. The van der Waals surface area contributed by atoms with E-state index in [0.717, 1.165) is 11.1 Å². The minimum absolute atomic E-state index is 0.140. The number of hydrogen-bond donors (Lipinski definition) is 1. The lowest BCUT2D eigenvalue weighted by molar-refractivity contribution is -0.121. The number of nitrogens with one attached hydrogen (secondary N) is 1. The molecule has 0 saturated carbocycles. The highest BCUT2D eigenvalue weighted by Gasteiger charge is 2.19. The highest BCUT2D eigenvalue weighted by molar-refractivity contribution is 6.03. The maximum atomic E-state index is 12.7. The molecule has 8 nitrogen and oxygen atoms in total. The van der Waals surface area contributed by atoms with E-state index < -0.39 is 24.4 Å². The van der Waals surface area contributed by atoms with Gasteiger partial charge in [-0.25, -0.2) is 4.79 Å². The van der Waals surface area contributed by atoms with Gasteiger partial charge in [0.15, 0.2) is 12.4 Å². The molecule has 0 aliphatic heterocycles. The lowest BCUT2D eigenvalue weighted by Crippen LogP contribution is -2.35. The minimum Gasteiger partial charge on any atom is -0.459 e. The Kier molecular flexibility index (Phi) is 7.60. The Balaban J connectivity index is 1.67. The van der Waals surface area contributed by atoms with Crippen LogP contribution in [0.25, 0.3) is 0 Å². The number of furan rings is 1. The van der Waals surface area contributed by atoms with E-state index in [-0.39, 0.29) is 24.3 Å². The van der Waals surface area contributed by atoms with Crippen LogP contribution in [0.2, 0.25) is 0 Å². The molecular weight excluding hydrogens is 422 g/mol. The Morgan fingerprint density at radius 2 is 1.85 bits per heavy atom. The van der Waals surface area contributed by atoms with Gasteiger partial charge in [-0.1, -0.05) is 23.8 Å². The molecule has 0 atom stereocenters. The third kappa shape index (κ3) is 6.08. The summed E-state index contributed by atoms with van der Waals surface area (Å²) in [6.45, 7) is 3.41. The number of amides is 2. The molecule has 2 aromatic carbocycles. The van der Waals surface area contributed by atoms with E-state index in [4.69, 9.17) is 14.4 Å². The second-order valence-electron chi connectivity index (χ2n) is 7.33. The SMILES string of the molecule is Cc1ccc(N(CCC#N)C(=O)COC(=O)c2ccc(C)c(NC(=O)c3ccco3)c2)cc1. The lowest BCUT2D eigenvalue weighted by Gasteiger charge is -2.22. The highest BCUT2D eigenvalue weighted by Crippen LogP contribution is 2.20. The molecule has 0 fully saturated rings. The summed E-state index contributed by atoms with van der Waals surface area (Å²) in [6.07, 6.45) is 1.54. The van der Waals surface area contributed by atoms with Crippen LogP contribution < -0.4 is 10.2 Å². The van der Waals surface area contributed by atoms with E-state index in [9.17, 15) is 14.4 Å². The lowest BCUT2D eigenvalue weighted by atomic mass is 10.1. The predicted octanol–water partition coefficient (Wildman–Crippen LogP) is 4.25. The second-order valence-corrected chi connectivity index (χ2v) is 7.33. The molecule has 0 saturated heterocycles. The third-order valence-corrected chi connectivity index (χ3v) is 4.89. The molecule has 1 aromatic heterocycles. The number of nitriles is 1. The first-order chi connectivity index (χ1) is 15.9. The summed E-state index contributed by atoms with van der Waals surface area (Å²) in [5, 5.41) is 11.6. The maximum absolute atomic E-state index is 12.7. The molecule has 0 unspecified atom stereocenters. The van der Waals surface area contributed by atoms with E-state index in [1.165, 1.54) is 23.3 Å². The first-order valence-electron chi connectivity index (χ1n) is 10.3. The number of nitrogens with zero attached hydrogens (tertiary/aromatic N) is 2. The fraction of sp³-hybridized carbons (Fsp3) is 0.200. The van der Waals surface area contributed by atoms with Crippen molar-refractivity contribution >= 4 is 29.2 Å². The van der Waals surface area contributed by atoms with Gasteiger partial charge in [-0.05, 0) is 55.8 Å². The molecular formula is C25H23N3O5. The van der Waals surface area contributed by atoms with Crippen LogP contribution in [0.4, 0.5) is 11.4 Å². The topological polar surface area (TPSA) is 113 Å². The predicted molar refractivity (Wildman–Crippen MR) is 122 cm³/mol. The van der Waals surface area contributed by atoms with Gasteiger partial charge in [0.1, 0.15) is 0 Å². The standard InChI is InChI=1S/C25H23N3O5/c1-17-6-10-20(11-7-17)28(13-4-12-26)23(29)16-33-25(31)19-9-8-18(2)21(15-19)27-24(30)22-5-3-14-32-22/h3,5-11,14-15H,4,13,16H2,1-2H3,(H,27,30). The van der Waals surface area contributed by atoms with Gasteiger partial charge in [-0.3, -0.25) is 9.59 Å². The Hall–Kier alpha value is -4.38. The maximum Gasteiger partial charge on any atom is 0.338 e. The molecule has 2 amide bonds. The molecule has 0 spiro atoms. The van der Waals surface area contributed by atoms with Crippen molar-refractivity contribution in [2.45, 2.75) is 20.3 Å². The zero-order valence-corrected chi connectivity index (χ0v) is 18.3. The number of benzene rings is 2. The van der Waals surface area contributed by atoms with Gasteiger partial charge >= 0.3 is 5.97 Å². The average Bonchev–Trinajstić information content (AvgIpc) is 3.35. The zero-order chi connectivity index (χ0) is 23.8. The number of aryl methyl sites for hydroxylation is 2. The van der Waals surface area contributed by atoms with Gasteiger partial charge in [0.2, 0.25) is 0 Å². The first-order valence-corrected chi connectivity index (χ1v) is 10.3. The molecule has 0 bridgehead atoms. The fourth-order valence-electron chi connectivity index (χ4n) is 3.05. The molecule has 3 rings (SSSR count). The molecule has 1 N–H and O–H groups in total. The van der Waals surface area contributed by atoms with Crippen LogP contribution in [-0.4, -0.2) is 30.9 Å². The monoisotopic (exact) mass is 445 g/mol. The van der Waals surface area contributed by atoms with Crippen molar-refractivity contribution in [3.05, 3.63) is 83.3 Å². The summed E-state index contributed by atoms with van der Waals surface area (Å²) in [6, 6.07) is 17.1. The summed E-state index contributed by atoms with van der Waals surface area (Å²) in [4.78, 5) is 39.0.